The fourth-order valence-corrected chi connectivity index (χ4v) is 3.93. The first-order valence-corrected chi connectivity index (χ1v) is 10.9. The molecule has 0 saturated carbocycles. The van der Waals surface area contributed by atoms with Gasteiger partial charge in [-0.25, -0.2) is 9.97 Å². The van der Waals surface area contributed by atoms with Crippen molar-refractivity contribution >= 4 is 11.7 Å². The molecule has 0 radical (unpaired) electrons. The summed E-state index contributed by atoms with van der Waals surface area (Å²) in [4.78, 5) is 26.2. The number of anilines is 1. The van der Waals surface area contributed by atoms with Crippen molar-refractivity contribution < 1.29 is 4.79 Å². The molecule has 156 valence electrons. The molecule has 0 N–H and O–H groups in total. The van der Waals surface area contributed by atoms with E-state index in [9.17, 15) is 4.79 Å². The quantitative estimate of drug-likeness (QED) is 0.650. The summed E-state index contributed by atoms with van der Waals surface area (Å²) < 4.78 is 0. The molecule has 0 atom stereocenters. The molecule has 1 aliphatic rings. The number of carbonyl (C=O) groups is 1. The number of rotatable bonds is 7. The van der Waals surface area contributed by atoms with Crippen LogP contribution in [-0.2, 0) is 6.42 Å². The minimum atomic E-state index is 0.133. The van der Waals surface area contributed by atoms with Gasteiger partial charge in [0.25, 0.3) is 5.91 Å². The van der Waals surface area contributed by atoms with Crippen LogP contribution in [0.1, 0.15) is 65.6 Å². The topological polar surface area (TPSA) is 49.3 Å². The molecule has 29 heavy (non-hydrogen) atoms. The summed E-state index contributed by atoms with van der Waals surface area (Å²) in [5.41, 5.74) is 4.28. The van der Waals surface area contributed by atoms with Crippen molar-refractivity contribution in [2.45, 2.75) is 59.8 Å². The lowest BCUT2D eigenvalue weighted by molar-refractivity contribution is 0.0746. The fraction of sp³-hybridized carbons (Fsp3) is 0.542. The molecule has 1 aromatic heterocycles. The van der Waals surface area contributed by atoms with Crippen molar-refractivity contribution in [3.05, 3.63) is 52.5 Å². The van der Waals surface area contributed by atoms with Gasteiger partial charge in [-0.3, -0.25) is 4.79 Å². The fourth-order valence-electron chi connectivity index (χ4n) is 3.93. The first-order valence-electron chi connectivity index (χ1n) is 10.9. The summed E-state index contributed by atoms with van der Waals surface area (Å²) in [6.45, 7) is 11.3. The highest BCUT2D eigenvalue weighted by Gasteiger charge is 2.24. The maximum Gasteiger partial charge on any atom is 0.253 e. The van der Waals surface area contributed by atoms with Gasteiger partial charge in [0.15, 0.2) is 0 Å². The zero-order chi connectivity index (χ0) is 20.8. The number of piperazine rings is 1. The lowest BCUT2D eigenvalue weighted by Gasteiger charge is -2.36. The van der Waals surface area contributed by atoms with E-state index >= 15 is 0 Å². The molecular formula is C24H34N4O. The minimum absolute atomic E-state index is 0.133. The molecule has 0 unspecified atom stereocenters. The van der Waals surface area contributed by atoms with E-state index in [4.69, 9.17) is 0 Å². The minimum Gasteiger partial charge on any atom is -0.353 e. The number of aryl methyl sites for hydroxylation is 3. The molecule has 0 aliphatic carbocycles. The van der Waals surface area contributed by atoms with E-state index in [1.165, 1.54) is 31.2 Å². The van der Waals surface area contributed by atoms with Gasteiger partial charge in [-0.2, -0.15) is 0 Å². The predicted molar refractivity (Wildman–Crippen MR) is 119 cm³/mol. The van der Waals surface area contributed by atoms with Crippen molar-refractivity contribution in [2.75, 3.05) is 31.1 Å². The van der Waals surface area contributed by atoms with Crippen LogP contribution in [0, 0.1) is 20.8 Å². The van der Waals surface area contributed by atoms with E-state index in [2.05, 4.69) is 40.8 Å². The van der Waals surface area contributed by atoms with Gasteiger partial charge in [-0.05, 0) is 51.3 Å². The third kappa shape index (κ3) is 5.34. The van der Waals surface area contributed by atoms with Crippen LogP contribution >= 0.6 is 0 Å². The van der Waals surface area contributed by atoms with E-state index < -0.39 is 0 Å². The molecule has 1 aliphatic heterocycles. The Morgan fingerprint density at radius 3 is 2.28 bits per heavy atom. The van der Waals surface area contributed by atoms with Crippen molar-refractivity contribution in [1.29, 1.82) is 0 Å². The van der Waals surface area contributed by atoms with Gasteiger partial charge in [0, 0.05) is 43.0 Å². The van der Waals surface area contributed by atoms with E-state index in [0.717, 1.165) is 61.1 Å². The van der Waals surface area contributed by atoms with E-state index in [-0.39, 0.29) is 5.91 Å². The van der Waals surface area contributed by atoms with Crippen LogP contribution in [0.5, 0.6) is 0 Å². The third-order valence-electron chi connectivity index (χ3n) is 5.86. The van der Waals surface area contributed by atoms with Crippen LogP contribution in [0.15, 0.2) is 24.3 Å². The second kappa shape index (κ2) is 9.86. The molecule has 2 heterocycles. The monoisotopic (exact) mass is 394 g/mol. The highest BCUT2D eigenvalue weighted by molar-refractivity contribution is 5.94. The molecule has 1 amide bonds. The first-order chi connectivity index (χ1) is 14.0. The summed E-state index contributed by atoms with van der Waals surface area (Å²) in [6.07, 6.45) is 6.17. The molecule has 1 fully saturated rings. The lowest BCUT2D eigenvalue weighted by Crippen LogP contribution is -2.49. The summed E-state index contributed by atoms with van der Waals surface area (Å²) in [5.74, 6) is 1.94. The second-order valence-electron chi connectivity index (χ2n) is 8.09. The molecular weight excluding hydrogens is 360 g/mol. The van der Waals surface area contributed by atoms with Gasteiger partial charge >= 0.3 is 0 Å². The van der Waals surface area contributed by atoms with Crippen molar-refractivity contribution in [3.63, 3.8) is 0 Å². The molecule has 2 aromatic rings. The van der Waals surface area contributed by atoms with E-state index in [1.54, 1.807) is 0 Å². The van der Waals surface area contributed by atoms with Crippen LogP contribution in [0.4, 0.5) is 5.82 Å². The average molecular weight is 395 g/mol. The number of nitrogens with zero attached hydrogens (tertiary/aromatic N) is 4. The Balaban J connectivity index is 1.56. The maximum atomic E-state index is 12.9. The molecule has 3 rings (SSSR count). The normalized spacial score (nSPS) is 14.3. The first kappa shape index (κ1) is 21.3. The largest absolute Gasteiger partial charge is 0.353 e. The Hall–Kier alpha value is -2.43. The van der Waals surface area contributed by atoms with Crippen LogP contribution in [0.3, 0.4) is 0 Å². The van der Waals surface area contributed by atoms with E-state index in [1.807, 2.05) is 30.9 Å². The Kier molecular flexibility index (Phi) is 7.24. The van der Waals surface area contributed by atoms with Gasteiger partial charge in [0.1, 0.15) is 11.6 Å². The van der Waals surface area contributed by atoms with Gasteiger partial charge in [-0.1, -0.05) is 38.3 Å². The zero-order valence-corrected chi connectivity index (χ0v) is 18.4. The number of hydrogen-bond acceptors (Lipinski definition) is 4. The van der Waals surface area contributed by atoms with Crippen molar-refractivity contribution in [3.8, 4) is 0 Å². The lowest BCUT2D eigenvalue weighted by atomic mass is 10.0. The number of aromatic nitrogens is 2. The predicted octanol–water partition coefficient (Wildman–Crippen LogP) is 4.49. The van der Waals surface area contributed by atoms with Gasteiger partial charge < -0.3 is 9.80 Å². The molecule has 0 bridgehead atoms. The van der Waals surface area contributed by atoms with Crippen molar-refractivity contribution in [2.24, 2.45) is 0 Å². The number of benzene rings is 1. The Labute approximate surface area is 175 Å². The summed E-state index contributed by atoms with van der Waals surface area (Å²) in [6, 6.07) is 8.22. The Morgan fingerprint density at radius 2 is 1.62 bits per heavy atom. The molecule has 1 aromatic carbocycles. The average Bonchev–Trinajstić information content (AvgIpc) is 2.74. The molecule has 0 spiro atoms. The highest BCUT2D eigenvalue weighted by Crippen LogP contribution is 2.21. The van der Waals surface area contributed by atoms with Crippen LogP contribution in [0.2, 0.25) is 0 Å². The number of hydrogen-bond donors (Lipinski definition) is 0. The molecule has 5 nitrogen and oxygen atoms in total. The van der Waals surface area contributed by atoms with Crippen LogP contribution in [-0.4, -0.2) is 47.0 Å². The SMILES string of the molecule is CCCCCCc1ccc(C(=O)N2CCN(c3nc(C)nc(C)c3C)CC2)cc1. The van der Waals surface area contributed by atoms with Gasteiger partial charge in [0.05, 0.1) is 0 Å². The zero-order valence-electron chi connectivity index (χ0n) is 18.4. The Bertz CT molecular complexity index is 824. The number of carbonyl (C=O) groups excluding carboxylic acids is 1. The standard InChI is InChI=1S/C24H34N4O/c1-5-6-7-8-9-21-10-12-22(13-11-21)24(29)28-16-14-27(15-17-28)23-18(2)19(3)25-20(4)26-23/h10-13H,5-9,14-17H2,1-4H3. The second-order valence-corrected chi connectivity index (χ2v) is 8.09. The van der Waals surface area contributed by atoms with Gasteiger partial charge in [0.2, 0.25) is 0 Å². The summed E-state index contributed by atoms with van der Waals surface area (Å²) >= 11 is 0. The number of unbranched alkanes of at least 4 members (excludes halogenated alkanes) is 3. The maximum absolute atomic E-state index is 12.9. The summed E-state index contributed by atoms with van der Waals surface area (Å²) in [7, 11) is 0. The van der Waals surface area contributed by atoms with Crippen molar-refractivity contribution in [1.82, 2.24) is 14.9 Å². The number of amides is 1. The van der Waals surface area contributed by atoms with Gasteiger partial charge in [-0.15, -0.1) is 0 Å². The molecule has 1 saturated heterocycles. The van der Waals surface area contributed by atoms with Crippen LogP contribution < -0.4 is 4.90 Å². The molecule has 5 heteroatoms. The highest BCUT2D eigenvalue weighted by atomic mass is 16.2. The summed E-state index contributed by atoms with van der Waals surface area (Å²) in [5, 5.41) is 0. The van der Waals surface area contributed by atoms with E-state index in [0.29, 0.717) is 0 Å². The van der Waals surface area contributed by atoms with Crippen LogP contribution in [0.25, 0.3) is 0 Å². The Morgan fingerprint density at radius 1 is 0.931 bits per heavy atom. The third-order valence-corrected chi connectivity index (χ3v) is 5.86. The smallest absolute Gasteiger partial charge is 0.253 e.